The van der Waals surface area contributed by atoms with Crippen molar-refractivity contribution >= 4 is 53.5 Å². The SMILES string of the molecule is C=CCSCCNC(=NCCCCSC)NCC.I. The molecule has 0 aromatic heterocycles. The van der Waals surface area contributed by atoms with Crippen LogP contribution in [0.25, 0.3) is 0 Å². The van der Waals surface area contributed by atoms with E-state index in [0.29, 0.717) is 0 Å². The first-order valence-electron chi connectivity index (χ1n) is 6.54. The molecule has 6 heteroatoms. The van der Waals surface area contributed by atoms with E-state index in [1.807, 2.05) is 29.6 Å². The maximum Gasteiger partial charge on any atom is 0.191 e. The summed E-state index contributed by atoms with van der Waals surface area (Å²) in [6.07, 6.45) is 6.51. The molecule has 0 radical (unpaired) electrons. The van der Waals surface area contributed by atoms with Gasteiger partial charge in [-0.15, -0.1) is 30.6 Å². The van der Waals surface area contributed by atoms with Crippen LogP contribution < -0.4 is 10.6 Å². The first kappa shape index (κ1) is 21.7. The Kier molecular flexibility index (Phi) is 21.1. The summed E-state index contributed by atoms with van der Waals surface area (Å²) in [5, 5.41) is 6.62. The minimum Gasteiger partial charge on any atom is -0.357 e. The predicted molar refractivity (Wildman–Crippen MR) is 105 cm³/mol. The molecule has 0 aromatic carbocycles. The van der Waals surface area contributed by atoms with Crippen LogP contribution in [0.1, 0.15) is 19.8 Å². The molecule has 0 saturated carbocycles. The predicted octanol–water partition coefficient (Wildman–Crippen LogP) is 3.22. The van der Waals surface area contributed by atoms with Crippen LogP contribution in [0.3, 0.4) is 0 Å². The summed E-state index contributed by atoms with van der Waals surface area (Å²) < 4.78 is 0. The molecule has 2 N–H and O–H groups in total. The minimum absolute atomic E-state index is 0. The molecule has 0 aliphatic heterocycles. The molecule has 19 heavy (non-hydrogen) atoms. The number of halogens is 1. The normalized spacial score (nSPS) is 10.7. The summed E-state index contributed by atoms with van der Waals surface area (Å²) in [7, 11) is 0. The van der Waals surface area contributed by atoms with E-state index in [9.17, 15) is 0 Å². The van der Waals surface area contributed by atoms with Crippen molar-refractivity contribution in [2.45, 2.75) is 19.8 Å². The Bertz CT molecular complexity index is 226. The van der Waals surface area contributed by atoms with Gasteiger partial charge in [-0.25, -0.2) is 0 Å². The van der Waals surface area contributed by atoms with E-state index in [1.54, 1.807) is 0 Å². The number of nitrogens with one attached hydrogen (secondary N) is 2. The van der Waals surface area contributed by atoms with Crippen molar-refractivity contribution in [2.24, 2.45) is 4.99 Å². The maximum absolute atomic E-state index is 4.56. The summed E-state index contributed by atoms with van der Waals surface area (Å²) in [6, 6.07) is 0. The van der Waals surface area contributed by atoms with Gasteiger partial charge in [-0.1, -0.05) is 6.08 Å². The van der Waals surface area contributed by atoms with Gasteiger partial charge in [0.05, 0.1) is 0 Å². The zero-order valence-corrected chi connectivity index (χ0v) is 16.1. The van der Waals surface area contributed by atoms with Crippen molar-refractivity contribution in [3.63, 3.8) is 0 Å². The molecule has 0 rings (SSSR count). The van der Waals surface area contributed by atoms with Crippen LogP contribution in [0.2, 0.25) is 0 Å². The number of guanidine groups is 1. The largest absolute Gasteiger partial charge is 0.357 e. The van der Waals surface area contributed by atoms with Gasteiger partial charge < -0.3 is 10.6 Å². The molecule has 0 bridgehead atoms. The summed E-state index contributed by atoms with van der Waals surface area (Å²) in [5.41, 5.74) is 0. The third kappa shape index (κ3) is 16.4. The third-order valence-electron chi connectivity index (χ3n) is 2.15. The lowest BCUT2D eigenvalue weighted by Crippen LogP contribution is -2.38. The van der Waals surface area contributed by atoms with Gasteiger partial charge >= 0.3 is 0 Å². The van der Waals surface area contributed by atoms with Crippen LogP contribution in [0.4, 0.5) is 0 Å². The summed E-state index contributed by atoms with van der Waals surface area (Å²) in [5.74, 6) is 4.28. The highest BCUT2D eigenvalue weighted by Crippen LogP contribution is 1.99. The average molecular weight is 417 g/mol. The number of thioether (sulfide) groups is 2. The van der Waals surface area contributed by atoms with Crippen molar-refractivity contribution < 1.29 is 0 Å². The lowest BCUT2D eigenvalue weighted by molar-refractivity contribution is 0.786. The quantitative estimate of drug-likeness (QED) is 0.178. The second-order valence-electron chi connectivity index (χ2n) is 3.75. The molecule has 114 valence electrons. The summed E-state index contributed by atoms with van der Waals surface area (Å²) in [6.45, 7) is 8.58. The molecule has 0 spiro atoms. The standard InChI is InChI=1S/C13H27N3S2.HI/c1-4-10-18-12-9-16-13(14-5-2)15-8-6-7-11-17-3;/h4H,1,5-12H2,2-3H3,(H2,14,15,16);1H. The maximum atomic E-state index is 4.56. The Balaban J connectivity index is 0. The van der Waals surface area contributed by atoms with Crippen LogP contribution in [0, 0.1) is 0 Å². The summed E-state index contributed by atoms with van der Waals surface area (Å²) >= 11 is 3.78. The van der Waals surface area contributed by atoms with Gasteiger partial charge in [0.2, 0.25) is 0 Å². The van der Waals surface area contributed by atoms with Crippen molar-refractivity contribution in [3.8, 4) is 0 Å². The molecule has 0 amide bonds. The van der Waals surface area contributed by atoms with Crippen LogP contribution in [0.5, 0.6) is 0 Å². The molecular weight excluding hydrogens is 389 g/mol. The second kappa shape index (κ2) is 18.4. The van der Waals surface area contributed by atoms with Gasteiger partial charge in [-0.05, 0) is 31.8 Å². The van der Waals surface area contributed by atoms with Crippen molar-refractivity contribution in [1.82, 2.24) is 10.6 Å². The first-order valence-corrected chi connectivity index (χ1v) is 9.09. The van der Waals surface area contributed by atoms with Crippen LogP contribution in [0.15, 0.2) is 17.6 Å². The van der Waals surface area contributed by atoms with E-state index in [1.165, 1.54) is 18.6 Å². The topological polar surface area (TPSA) is 36.4 Å². The zero-order chi connectivity index (χ0) is 13.5. The van der Waals surface area contributed by atoms with E-state index < -0.39 is 0 Å². The molecule has 0 fully saturated rings. The average Bonchev–Trinajstić information content (AvgIpc) is 2.38. The molecule has 0 aliphatic carbocycles. The number of rotatable bonds is 11. The van der Waals surface area contributed by atoms with Crippen LogP contribution in [-0.2, 0) is 0 Å². The fourth-order valence-electron chi connectivity index (χ4n) is 1.30. The van der Waals surface area contributed by atoms with Gasteiger partial charge in [-0.3, -0.25) is 4.99 Å². The van der Waals surface area contributed by atoms with Gasteiger partial charge in [0.15, 0.2) is 5.96 Å². The Hall–Kier alpha value is 0.440. The lowest BCUT2D eigenvalue weighted by atomic mass is 10.3. The Morgan fingerprint density at radius 3 is 2.68 bits per heavy atom. The molecule has 0 unspecified atom stereocenters. The highest BCUT2D eigenvalue weighted by Gasteiger charge is 1.95. The van der Waals surface area contributed by atoms with E-state index in [-0.39, 0.29) is 24.0 Å². The molecular formula is C13H28IN3S2. The number of aliphatic imine (C=N–C) groups is 1. The number of hydrogen-bond donors (Lipinski definition) is 2. The Labute approximate surface area is 144 Å². The molecule has 0 saturated heterocycles. The minimum atomic E-state index is 0. The lowest BCUT2D eigenvalue weighted by Gasteiger charge is -2.10. The molecule has 0 heterocycles. The molecule has 0 aliphatic rings. The van der Waals surface area contributed by atoms with Gasteiger partial charge in [-0.2, -0.15) is 23.5 Å². The zero-order valence-electron chi connectivity index (χ0n) is 12.1. The second-order valence-corrected chi connectivity index (χ2v) is 5.89. The number of unbranched alkanes of at least 4 members (excludes halogenated alkanes) is 1. The van der Waals surface area contributed by atoms with Crippen LogP contribution >= 0.6 is 47.5 Å². The number of hydrogen-bond acceptors (Lipinski definition) is 3. The monoisotopic (exact) mass is 417 g/mol. The van der Waals surface area contributed by atoms with Gasteiger partial charge in [0.1, 0.15) is 0 Å². The van der Waals surface area contributed by atoms with Crippen molar-refractivity contribution in [3.05, 3.63) is 12.7 Å². The third-order valence-corrected chi connectivity index (χ3v) is 3.81. The van der Waals surface area contributed by atoms with Crippen molar-refractivity contribution in [1.29, 1.82) is 0 Å². The van der Waals surface area contributed by atoms with E-state index in [2.05, 4.69) is 35.4 Å². The Morgan fingerprint density at radius 2 is 2.05 bits per heavy atom. The smallest absolute Gasteiger partial charge is 0.191 e. The highest BCUT2D eigenvalue weighted by atomic mass is 127. The molecule has 3 nitrogen and oxygen atoms in total. The molecule has 0 atom stereocenters. The highest BCUT2D eigenvalue weighted by molar-refractivity contribution is 14.0. The molecule has 0 aromatic rings. The van der Waals surface area contributed by atoms with E-state index in [0.717, 1.165) is 37.1 Å². The van der Waals surface area contributed by atoms with Crippen LogP contribution in [-0.4, -0.2) is 49.1 Å². The first-order chi connectivity index (χ1) is 8.85. The number of nitrogens with zero attached hydrogens (tertiary/aromatic N) is 1. The summed E-state index contributed by atoms with van der Waals surface area (Å²) in [4.78, 5) is 4.56. The van der Waals surface area contributed by atoms with Crippen molar-refractivity contribution in [2.75, 3.05) is 43.1 Å². The van der Waals surface area contributed by atoms with Gasteiger partial charge in [0, 0.05) is 31.1 Å². The van der Waals surface area contributed by atoms with E-state index in [4.69, 9.17) is 0 Å². The fraction of sp³-hybridized carbons (Fsp3) is 0.769. The van der Waals surface area contributed by atoms with E-state index >= 15 is 0 Å². The Morgan fingerprint density at radius 1 is 1.26 bits per heavy atom. The van der Waals surface area contributed by atoms with Gasteiger partial charge in [0.25, 0.3) is 0 Å². The fourth-order valence-corrected chi connectivity index (χ4v) is 2.37.